The van der Waals surface area contributed by atoms with E-state index < -0.39 is 11.9 Å². The molecule has 0 aliphatic heterocycles. The minimum Gasteiger partial charge on any atom is -0.497 e. The van der Waals surface area contributed by atoms with Crippen LogP contribution in [0.15, 0.2) is 42.5 Å². The molecule has 2 aromatic carbocycles. The third-order valence-corrected chi connectivity index (χ3v) is 4.50. The molecule has 26 heavy (non-hydrogen) atoms. The molecule has 0 bridgehead atoms. The van der Waals surface area contributed by atoms with Crippen molar-refractivity contribution in [3.63, 3.8) is 0 Å². The molecule has 0 amide bonds. The minimum atomic E-state index is -0.882. The van der Waals surface area contributed by atoms with Gasteiger partial charge in [0.1, 0.15) is 11.5 Å². The molecule has 0 fully saturated rings. The molecule has 0 spiro atoms. The monoisotopic (exact) mass is 376 g/mol. The van der Waals surface area contributed by atoms with Crippen LogP contribution in [0.5, 0.6) is 11.5 Å². The highest BCUT2D eigenvalue weighted by molar-refractivity contribution is 6.30. The van der Waals surface area contributed by atoms with Crippen LogP contribution >= 0.6 is 11.6 Å². The fourth-order valence-corrected chi connectivity index (χ4v) is 2.98. The lowest BCUT2D eigenvalue weighted by Gasteiger charge is -2.17. The van der Waals surface area contributed by atoms with Gasteiger partial charge in [-0.2, -0.15) is 0 Å². The smallest absolute Gasteiger partial charge is 0.311 e. The van der Waals surface area contributed by atoms with Crippen LogP contribution in [-0.4, -0.2) is 24.8 Å². The number of carbonyl (C=O) groups is 1. The second kappa shape index (κ2) is 10.1. The summed E-state index contributed by atoms with van der Waals surface area (Å²) in [6.07, 6.45) is 3.51. The predicted molar refractivity (Wildman–Crippen MR) is 104 cm³/mol. The summed E-state index contributed by atoms with van der Waals surface area (Å²) in [6.45, 7) is 2.75. The van der Waals surface area contributed by atoms with Crippen molar-refractivity contribution in [1.82, 2.24) is 0 Å². The zero-order chi connectivity index (χ0) is 18.9. The molecule has 1 N–H and O–H groups in total. The normalized spacial score (nSPS) is 11.8. The number of hydrogen-bond donors (Lipinski definition) is 1. The quantitative estimate of drug-likeness (QED) is 0.569. The lowest BCUT2D eigenvalue weighted by atomic mass is 9.91. The van der Waals surface area contributed by atoms with Crippen LogP contribution in [0.4, 0.5) is 0 Å². The largest absolute Gasteiger partial charge is 0.497 e. The molecule has 0 heterocycles. The number of carboxylic acid groups (broad SMARTS) is 1. The molecule has 0 saturated carbocycles. The molecule has 2 rings (SSSR count). The Hall–Kier alpha value is -2.20. The van der Waals surface area contributed by atoms with E-state index in [-0.39, 0.29) is 0 Å². The van der Waals surface area contributed by atoms with Gasteiger partial charge in [-0.15, -0.1) is 0 Å². The molecule has 0 saturated heterocycles. The van der Waals surface area contributed by atoms with E-state index >= 15 is 0 Å². The number of unbranched alkanes of at least 4 members (excludes halogenated alkanes) is 2. The Morgan fingerprint density at radius 3 is 2.50 bits per heavy atom. The highest BCUT2D eigenvalue weighted by Gasteiger charge is 2.22. The highest BCUT2D eigenvalue weighted by atomic mass is 35.5. The molecule has 0 aliphatic rings. The number of methoxy groups -OCH3 is 1. The van der Waals surface area contributed by atoms with Crippen LogP contribution in [-0.2, 0) is 11.2 Å². The fourth-order valence-electron chi connectivity index (χ4n) is 2.79. The first kappa shape index (κ1) is 20.1. The van der Waals surface area contributed by atoms with Gasteiger partial charge in [0, 0.05) is 5.02 Å². The molecule has 0 aliphatic carbocycles. The van der Waals surface area contributed by atoms with Crippen LogP contribution in [0.25, 0.3) is 0 Å². The third-order valence-electron chi connectivity index (χ3n) is 4.27. The van der Waals surface area contributed by atoms with E-state index in [0.717, 1.165) is 30.4 Å². The van der Waals surface area contributed by atoms with Crippen molar-refractivity contribution in [2.75, 3.05) is 13.7 Å². The van der Waals surface area contributed by atoms with E-state index in [0.29, 0.717) is 29.5 Å². The average Bonchev–Trinajstić information content (AvgIpc) is 2.64. The van der Waals surface area contributed by atoms with Crippen molar-refractivity contribution in [3.8, 4) is 11.5 Å². The van der Waals surface area contributed by atoms with Crippen molar-refractivity contribution >= 4 is 17.6 Å². The minimum absolute atomic E-state index is 0.311. The van der Waals surface area contributed by atoms with Gasteiger partial charge in [-0.05, 0) is 54.3 Å². The average molecular weight is 377 g/mol. The zero-order valence-corrected chi connectivity index (χ0v) is 16.0. The summed E-state index contributed by atoms with van der Waals surface area (Å²) >= 11 is 6.13. The van der Waals surface area contributed by atoms with Gasteiger partial charge >= 0.3 is 5.97 Å². The Kier molecular flexibility index (Phi) is 7.79. The van der Waals surface area contributed by atoms with Gasteiger partial charge in [-0.1, -0.05) is 43.5 Å². The van der Waals surface area contributed by atoms with Gasteiger partial charge in [-0.3, -0.25) is 4.79 Å². The van der Waals surface area contributed by atoms with Gasteiger partial charge in [0.25, 0.3) is 0 Å². The van der Waals surface area contributed by atoms with E-state index in [9.17, 15) is 9.90 Å². The molecule has 140 valence electrons. The van der Waals surface area contributed by atoms with Gasteiger partial charge in [0.2, 0.25) is 0 Å². The summed E-state index contributed by atoms with van der Waals surface area (Å²) < 4.78 is 11.0. The van der Waals surface area contributed by atoms with Crippen molar-refractivity contribution < 1.29 is 19.4 Å². The van der Waals surface area contributed by atoms with Gasteiger partial charge < -0.3 is 14.6 Å². The van der Waals surface area contributed by atoms with Crippen LogP contribution in [0, 0.1) is 0 Å². The summed E-state index contributed by atoms with van der Waals surface area (Å²) in [6, 6.07) is 12.5. The SMILES string of the molecule is CCCCCOc1ccc(Cl)cc1CC(C(=O)O)c1ccc(OC)cc1. The zero-order valence-electron chi connectivity index (χ0n) is 15.2. The standard InChI is InChI=1S/C21H25ClO4/c1-3-4-5-12-26-20-11-8-17(22)13-16(20)14-19(21(23)24)15-6-9-18(25-2)10-7-15/h6-11,13,19H,3-5,12,14H2,1-2H3,(H,23,24). The van der Waals surface area contributed by atoms with Crippen molar-refractivity contribution in [2.24, 2.45) is 0 Å². The van der Waals surface area contributed by atoms with E-state index in [1.807, 2.05) is 6.07 Å². The first-order valence-corrected chi connectivity index (χ1v) is 9.21. The molecule has 4 nitrogen and oxygen atoms in total. The number of ether oxygens (including phenoxy) is 2. The fraction of sp³-hybridized carbons (Fsp3) is 0.381. The Morgan fingerprint density at radius 2 is 1.88 bits per heavy atom. The Morgan fingerprint density at radius 1 is 1.15 bits per heavy atom. The first-order chi connectivity index (χ1) is 12.5. The molecule has 2 aromatic rings. The molecule has 0 radical (unpaired) electrons. The number of carboxylic acids is 1. The summed E-state index contributed by atoms with van der Waals surface area (Å²) in [5.41, 5.74) is 1.52. The highest BCUT2D eigenvalue weighted by Crippen LogP contribution is 2.30. The Labute approximate surface area is 159 Å². The van der Waals surface area contributed by atoms with Crippen molar-refractivity contribution in [2.45, 2.75) is 38.5 Å². The maximum Gasteiger partial charge on any atom is 0.311 e. The number of aliphatic carboxylic acids is 1. The summed E-state index contributed by atoms with van der Waals surface area (Å²) in [4.78, 5) is 11.8. The van der Waals surface area contributed by atoms with Gasteiger partial charge in [-0.25, -0.2) is 0 Å². The van der Waals surface area contributed by atoms with E-state index in [1.54, 1.807) is 43.5 Å². The second-order valence-electron chi connectivity index (χ2n) is 6.18. The maximum absolute atomic E-state index is 11.8. The van der Waals surface area contributed by atoms with E-state index in [1.165, 1.54) is 0 Å². The Balaban J connectivity index is 2.21. The summed E-state index contributed by atoms with van der Waals surface area (Å²) in [5, 5.41) is 10.3. The van der Waals surface area contributed by atoms with Crippen LogP contribution in [0.3, 0.4) is 0 Å². The van der Waals surface area contributed by atoms with E-state index in [4.69, 9.17) is 21.1 Å². The van der Waals surface area contributed by atoms with Crippen molar-refractivity contribution in [3.05, 3.63) is 58.6 Å². The lowest BCUT2D eigenvalue weighted by molar-refractivity contribution is -0.138. The summed E-state index contributed by atoms with van der Waals surface area (Å²) in [5.74, 6) is -0.171. The van der Waals surface area contributed by atoms with Crippen LogP contribution < -0.4 is 9.47 Å². The number of rotatable bonds is 10. The first-order valence-electron chi connectivity index (χ1n) is 8.83. The predicted octanol–water partition coefficient (Wildman–Crippen LogP) is 5.33. The van der Waals surface area contributed by atoms with E-state index in [2.05, 4.69) is 6.92 Å². The molecule has 5 heteroatoms. The molecular formula is C21H25ClO4. The molecule has 1 atom stereocenters. The number of hydrogen-bond acceptors (Lipinski definition) is 3. The number of halogens is 1. The second-order valence-corrected chi connectivity index (χ2v) is 6.61. The van der Waals surface area contributed by atoms with Gasteiger partial charge in [0.05, 0.1) is 19.6 Å². The van der Waals surface area contributed by atoms with Crippen LogP contribution in [0.2, 0.25) is 5.02 Å². The van der Waals surface area contributed by atoms with Gasteiger partial charge in [0.15, 0.2) is 0 Å². The topological polar surface area (TPSA) is 55.8 Å². The number of benzene rings is 2. The molecule has 1 unspecified atom stereocenters. The molecular weight excluding hydrogens is 352 g/mol. The third kappa shape index (κ3) is 5.67. The maximum atomic E-state index is 11.8. The van der Waals surface area contributed by atoms with Crippen LogP contribution in [0.1, 0.15) is 43.2 Å². The molecule has 0 aromatic heterocycles. The Bertz CT molecular complexity index is 712. The lowest BCUT2D eigenvalue weighted by Crippen LogP contribution is -2.15. The van der Waals surface area contributed by atoms with Crippen molar-refractivity contribution in [1.29, 1.82) is 0 Å². The summed E-state index contributed by atoms with van der Waals surface area (Å²) in [7, 11) is 1.58.